The van der Waals surface area contributed by atoms with Crippen LogP contribution in [0.1, 0.15) is 29.7 Å². The van der Waals surface area contributed by atoms with Gasteiger partial charge in [0.2, 0.25) is 10.0 Å². The highest BCUT2D eigenvalue weighted by Gasteiger charge is 2.27. The molecule has 2 N–H and O–H groups in total. The number of anilines is 1. The zero-order valence-electron chi connectivity index (χ0n) is 16.4. The lowest BCUT2D eigenvalue weighted by Crippen LogP contribution is -3.08. The summed E-state index contributed by atoms with van der Waals surface area (Å²) in [7, 11) is -1.56. The van der Waals surface area contributed by atoms with Crippen LogP contribution in [0.5, 0.6) is 0 Å². The maximum absolute atomic E-state index is 13.0. The standard InChI is InChI=1S/C20H27N3O3S2/c1-16-8-9-17(13-19(16)28(25,26)23-10-4-3-5-11-23)21-20(24)15-22(2)14-18-7-6-12-27-18/h6-9,12-13H,3-5,10-11,14-15H2,1-2H3,(H,21,24)/p+1. The van der Waals surface area contributed by atoms with E-state index in [4.69, 9.17) is 0 Å². The average Bonchev–Trinajstić information content (AvgIpc) is 3.16. The zero-order valence-corrected chi connectivity index (χ0v) is 18.0. The molecule has 0 bridgehead atoms. The number of nitrogens with one attached hydrogen (secondary N) is 2. The number of likely N-dealkylation sites (N-methyl/N-ethyl adjacent to an activating group) is 1. The maximum atomic E-state index is 13.0. The average molecular weight is 423 g/mol. The molecule has 1 aromatic heterocycles. The predicted octanol–water partition coefficient (Wildman–Crippen LogP) is 1.88. The third-order valence-corrected chi connectivity index (χ3v) is 7.84. The van der Waals surface area contributed by atoms with Crippen LogP contribution in [0.3, 0.4) is 0 Å². The van der Waals surface area contributed by atoms with E-state index in [1.165, 1.54) is 4.88 Å². The second-order valence-electron chi connectivity index (χ2n) is 7.38. The third kappa shape index (κ3) is 5.20. The van der Waals surface area contributed by atoms with Crippen LogP contribution in [-0.2, 0) is 21.4 Å². The van der Waals surface area contributed by atoms with E-state index in [-0.39, 0.29) is 10.8 Å². The molecule has 0 spiro atoms. The molecule has 1 amide bonds. The van der Waals surface area contributed by atoms with Crippen molar-refractivity contribution < 1.29 is 18.1 Å². The van der Waals surface area contributed by atoms with Gasteiger partial charge in [-0.25, -0.2) is 8.42 Å². The van der Waals surface area contributed by atoms with E-state index >= 15 is 0 Å². The molecule has 1 fully saturated rings. The number of carbonyl (C=O) groups is 1. The van der Waals surface area contributed by atoms with Crippen molar-refractivity contribution in [3.05, 3.63) is 46.2 Å². The van der Waals surface area contributed by atoms with Crippen molar-refractivity contribution in [2.75, 3.05) is 32.0 Å². The van der Waals surface area contributed by atoms with Gasteiger partial charge in [0.25, 0.3) is 5.91 Å². The molecular weight excluding hydrogens is 394 g/mol. The minimum atomic E-state index is -3.53. The Morgan fingerprint density at radius 1 is 1.21 bits per heavy atom. The first-order chi connectivity index (χ1) is 13.4. The first-order valence-corrected chi connectivity index (χ1v) is 11.9. The van der Waals surface area contributed by atoms with Crippen LogP contribution in [0.2, 0.25) is 0 Å². The topological polar surface area (TPSA) is 70.9 Å². The van der Waals surface area contributed by atoms with Gasteiger partial charge in [0, 0.05) is 18.8 Å². The summed E-state index contributed by atoms with van der Waals surface area (Å²) in [6, 6.07) is 9.17. The Balaban J connectivity index is 1.67. The summed E-state index contributed by atoms with van der Waals surface area (Å²) >= 11 is 1.68. The maximum Gasteiger partial charge on any atom is 0.279 e. The minimum Gasteiger partial charge on any atom is -0.325 e. The summed E-state index contributed by atoms with van der Waals surface area (Å²) in [5.41, 5.74) is 1.22. The van der Waals surface area contributed by atoms with Crippen molar-refractivity contribution >= 4 is 33.0 Å². The molecule has 1 aliphatic heterocycles. The number of carbonyl (C=O) groups excluding carboxylic acids is 1. The predicted molar refractivity (Wildman–Crippen MR) is 112 cm³/mol. The molecule has 0 aliphatic carbocycles. The number of sulfonamides is 1. The highest BCUT2D eigenvalue weighted by molar-refractivity contribution is 7.89. The number of aryl methyl sites for hydroxylation is 1. The van der Waals surface area contributed by atoms with Crippen molar-refractivity contribution in [1.82, 2.24) is 4.31 Å². The second-order valence-corrected chi connectivity index (χ2v) is 10.3. The fraction of sp³-hybridized carbons (Fsp3) is 0.450. The Bertz CT molecular complexity index is 905. The van der Waals surface area contributed by atoms with Crippen LogP contribution in [0.4, 0.5) is 5.69 Å². The monoisotopic (exact) mass is 422 g/mol. The van der Waals surface area contributed by atoms with Crippen LogP contribution >= 0.6 is 11.3 Å². The Morgan fingerprint density at radius 2 is 1.96 bits per heavy atom. The number of hydrogen-bond donors (Lipinski definition) is 2. The van der Waals surface area contributed by atoms with Gasteiger partial charge in [0.15, 0.2) is 6.54 Å². The Morgan fingerprint density at radius 3 is 2.64 bits per heavy atom. The molecule has 1 unspecified atom stereocenters. The van der Waals surface area contributed by atoms with Gasteiger partial charge in [-0.3, -0.25) is 4.79 Å². The van der Waals surface area contributed by atoms with Crippen molar-refractivity contribution in [2.45, 2.75) is 37.6 Å². The van der Waals surface area contributed by atoms with E-state index in [1.54, 1.807) is 40.8 Å². The van der Waals surface area contributed by atoms with Crippen LogP contribution in [-0.4, -0.2) is 45.3 Å². The Hall–Kier alpha value is -1.74. The van der Waals surface area contributed by atoms with Gasteiger partial charge in [-0.1, -0.05) is 18.6 Å². The van der Waals surface area contributed by atoms with Crippen LogP contribution in [0, 0.1) is 6.92 Å². The number of piperidine rings is 1. The summed E-state index contributed by atoms with van der Waals surface area (Å²) < 4.78 is 27.6. The molecule has 1 atom stereocenters. The highest BCUT2D eigenvalue weighted by Crippen LogP contribution is 2.26. The fourth-order valence-electron chi connectivity index (χ4n) is 3.45. The molecule has 3 rings (SSSR count). The molecule has 8 heteroatoms. The molecule has 152 valence electrons. The smallest absolute Gasteiger partial charge is 0.279 e. The summed E-state index contributed by atoms with van der Waals surface area (Å²) in [6.45, 7) is 4.03. The lowest BCUT2D eigenvalue weighted by atomic mass is 10.2. The zero-order chi connectivity index (χ0) is 20.1. The number of nitrogens with zero attached hydrogens (tertiary/aromatic N) is 1. The molecule has 0 saturated carbocycles. The first kappa shape index (κ1) is 21.0. The van der Waals surface area contributed by atoms with E-state index in [9.17, 15) is 13.2 Å². The molecule has 2 heterocycles. The number of rotatable bonds is 7. The summed E-state index contributed by atoms with van der Waals surface area (Å²) in [6.07, 6.45) is 2.87. The molecule has 2 aromatic rings. The lowest BCUT2D eigenvalue weighted by molar-refractivity contribution is -0.884. The van der Waals surface area contributed by atoms with Crippen molar-refractivity contribution in [3.63, 3.8) is 0 Å². The van der Waals surface area contributed by atoms with Gasteiger partial charge in [0.05, 0.1) is 16.8 Å². The van der Waals surface area contributed by atoms with Gasteiger partial charge in [-0.05, 0) is 48.9 Å². The summed E-state index contributed by atoms with van der Waals surface area (Å²) in [4.78, 5) is 15.0. The van der Waals surface area contributed by atoms with Crippen molar-refractivity contribution in [1.29, 1.82) is 0 Å². The fourth-order valence-corrected chi connectivity index (χ4v) is 6.04. The van der Waals surface area contributed by atoms with Crippen LogP contribution < -0.4 is 10.2 Å². The third-order valence-electron chi connectivity index (χ3n) is 4.92. The number of hydrogen-bond acceptors (Lipinski definition) is 4. The van der Waals surface area contributed by atoms with E-state index in [0.29, 0.717) is 30.9 Å². The number of amides is 1. The number of quaternary nitrogens is 1. The number of thiophene rings is 1. The first-order valence-electron chi connectivity index (χ1n) is 9.60. The molecule has 28 heavy (non-hydrogen) atoms. The van der Waals surface area contributed by atoms with Gasteiger partial charge < -0.3 is 10.2 Å². The number of benzene rings is 1. The molecular formula is C20H28N3O3S2+. The molecule has 1 aromatic carbocycles. The summed E-state index contributed by atoms with van der Waals surface area (Å²) in [5, 5.41) is 4.88. The van der Waals surface area contributed by atoms with Gasteiger partial charge >= 0.3 is 0 Å². The molecule has 6 nitrogen and oxygen atoms in total. The SMILES string of the molecule is Cc1ccc(NC(=O)C[NH+](C)Cc2cccs2)cc1S(=O)(=O)N1CCCCC1. The summed E-state index contributed by atoms with van der Waals surface area (Å²) in [5.74, 6) is -0.126. The van der Waals surface area contributed by atoms with Gasteiger partial charge in [-0.15, -0.1) is 11.3 Å². The van der Waals surface area contributed by atoms with E-state index in [0.717, 1.165) is 30.7 Å². The largest absolute Gasteiger partial charge is 0.325 e. The van der Waals surface area contributed by atoms with Crippen molar-refractivity contribution in [2.24, 2.45) is 0 Å². The van der Waals surface area contributed by atoms with E-state index in [1.807, 2.05) is 18.5 Å². The van der Waals surface area contributed by atoms with Gasteiger partial charge in [-0.2, -0.15) is 4.31 Å². The van der Waals surface area contributed by atoms with E-state index in [2.05, 4.69) is 11.4 Å². The highest BCUT2D eigenvalue weighted by atomic mass is 32.2. The minimum absolute atomic E-state index is 0.126. The normalized spacial score (nSPS) is 16.6. The lowest BCUT2D eigenvalue weighted by Gasteiger charge is -2.26. The second kappa shape index (κ2) is 9.17. The quantitative estimate of drug-likeness (QED) is 0.716. The van der Waals surface area contributed by atoms with Gasteiger partial charge in [0.1, 0.15) is 6.54 Å². The van der Waals surface area contributed by atoms with Crippen LogP contribution in [0.15, 0.2) is 40.6 Å². The molecule has 0 radical (unpaired) electrons. The van der Waals surface area contributed by atoms with Crippen molar-refractivity contribution in [3.8, 4) is 0 Å². The van der Waals surface area contributed by atoms with E-state index < -0.39 is 10.0 Å². The van der Waals surface area contributed by atoms with Crippen LogP contribution in [0.25, 0.3) is 0 Å². The Labute approximate surface area is 171 Å². The Kier molecular flexibility index (Phi) is 6.87. The molecule has 1 saturated heterocycles. The molecule has 1 aliphatic rings.